The third-order valence-electron chi connectivity index (χ3n) is 4.74. The van der Waals surface area contributed by atoms with Crippen LogP contribution in [0, 0.1) is 0 Å². The van der Waals surface area contributed by atoms with Crippen molar-refractivity contribution >= 4 is 29.3 Å². The third-order valence-corrected chi connectivity index (χ3v) is 4.74. The summed E-state index contributed by atoms with van der Waals surface area (Å²) in [4.78, 5) is 12.9. The number of carbonyl (C=O) groups excluding carboxylic acids is 1. The lowest BCUT2D eigenvalue weighted by atomic mass is 9.87. The molecule has 3 heteroatoms. The van der Waals surface area contributed by atoms with E-state index in [-0.39, 0.29) is 5.78 Å². The number of hydrogen-bond donors (Lipinski definition) is 2. The first-order chi connectivity index (χ1) is 13.2. The fourth-order valence-electron chi connectivity index (χ4n) is 3.38. The molecule has 0 saturated heterocycles. The first kappa shape index (κ1) is 19.0. The van der Waals surface area contributed by atoms with Gasteiger partial charge >= 0.3 is 0 Å². The van der Waals surface area contributed by atoms with Crippen LogP contribution in [0.4, 0.5) is 11.4 Å². The minimum atomic E-state index is 0.188. The number of nitrogens with one attached hydrogen (secondary N) is 2. The van der Waals surface area contributed by atoms with Gasteiger partial charge in [0.05, 0.1) is 0 Å². The molecule has 1 fully saturated rings. The Morgan fingerprint density at radius 3 is 1.52 bits per heavy atom. The predicted molar refractivity (Wildman–Crippen MR) is 116 cm³/mol. The quantitative estimate of drug-likeness (QED) is 0.643. The van der Waals surface area contributed by atoms with Crippen molar-refractivity contribution in [3.05, 3.63) is 70.8 Å². The molecular weight excluding hydrogens is 332 g/mol. The van der Waals surface area contributed by atoms with E-state index < -0.39 is 0 Å². The Morgan fingerprint density at radius 1 is 0.741 bits per heavy atom. The minimum absolute atomic E-state index is 0.188. The number of carbonyl (C=O) groups is 1. The van der Waals surface area contributed by atoms with Crippen LogP contribution in [-0.4, -0.2) is 18.9 Å². The van der Waals surface area contributed by atoms with Crippen molar-refractivity contribution in [1.82, 2.24) is 0 Å². The van der Waals surface area contributed by atoms with Crippen LogP contribution in [0.1, 0.15) is 44.2 Å². The maximum absolute atomic E-state index is 12.9. The molecule has 27 heavy (non-hydrogen) atoms. The molecule has 2 N–H and O–H groups in total. The summed E-state index contributed by atoms with van der Waals surface area (Å²) in [5.41, 5.74) is 6.20. The molecule has 1 aliphatic rings. The molecule has 0 atom stereocenters. The van der Waals surface area contributed by atoms with Crippen molar-refractivity contribution in [2.75, 3.05) is 23.7 Å². The van der Waals surface area contributed by atoms with Crippen molar-refractivity contribution in [3.8, 4) is 0 Å². The number of benzene rings is 2. The standard InChI is InChI=1S/C24H28N2O/c1-3-25-22-12-8-18(9-13-22)16-20-6-5-7-21(24(20)27)17-19-10-14-23(15-11-19)26-4-2/h8-17,25-26H,3-7H2,1-2H3. The van der Waals surface area contributed by atoms with Gasteiger partial charge in [-0.2, -0.15) is 0 Å². The van der Waals surface area contributed by atoms with Crippen LogP contribution in [-0.2, 0) is 4.79 Å². The number of rotatable bonds is 6. The molecule has 1 aliphatic carbocycles. The molecule has 0 aromatic heterocycles. The van der Waals surface area contributed by atoms with Gasteiger partial charge in [-0.1, -0.05) is 24.3 Å². The average molecular weight is 361 g/mol. The van der Waals surface area contributed by atoms with Crippen LogP contribution < -0.4 is 10.6 Å². The van der Waals surface area contributed by atoms with Crippen LogP contribution in [0.3, 0.4) is 0 Å². The Labute approximate surface area is 162 Å². The largest absolute Gasteiger partial charge is 0.385 e. The second-order valence-corrected chi connectivity index (χ2v) is 6.83. The summed E-state index contributed by atoms with van der Waals surface area (Å²) in [5.74, 6) is 0.188. The summed E-state index contributed by atoms with van der Waals surface area (Å²) >= 11 is 0. The van der Waals surface area contributed by atoms with Gasteiger partial charge < -0.3 is 10.6 Å². The van der Waals surface area contributed by atoms with E-state index in [2.05, 4.69) is 73.0 Å². The first-order valence-corrected chi connectivity index (χ1v) is 9.83. The lowest BCUT2D eigenvalue weighted by molar-refractivity contribution is -0.112. The van der Waals surface area contributed by atoms with E-state index in [1.807, 2.05) is 12.2 Å². The Kier molecular flexibility index (Phi) is 6.48. The SMILES string of the molecule is CCNc1ccc(C=C2CCCC(=Cc3ccc(NCC)cc3)C2=O)cc1. The Balaban J connectivity index is 1.76. The van der Waals surface area contributed by atoms with E-state index in [0.29, 0.717) is 0 Å². The van der Waals surface area contributed by atoms with E-state index in [9.17, 15) is 4.79 Å². The van der Waals surface area contributed by atoms with Gasteiger partial charge in [0, 0.05) is 35.6 Å². The molecule has 0 bridgehead atoms. The van der Waals surface area contributed by atoms with Crippen LogP contribution in [0.5, 0.6) is 0 Å². The predicted octanol–water partition coefficient (Wildman–Crippen LogP) is 5.77. The molecular formula is C24H28N2O. The Hall–Kier alpha value is -2.81. The third kappa shape index (κ3) is 5.10. The molecule has 2 aromatic carbocycles. The second kappa shape index (κ2) is 9.22. The molecule has 0 amide bonds. The highest BCUT2D eigenvalue weighted by Crippen LogP contribution is 2.28. The number of Topliss-reactive ketones (excluding diaryl/α,β-unsaturated/α-hetero) is 1. The normalized spacial score (nSPS) is 17.3. The minimum Gasteiger partial charge on any atom is -0.385 e. The summed E-state index contributed by atoms with van der Waals surface area (Å²) in [6.45, 7) is 5.97. The number of allylic oxidation sites excluding steroid dienone is 2. The van der Waals surface area contributed by atoms with E-state index >= 15 is 0 Å². The van der Waals surface area contributed by atoms with Gasteiger partial charge in [0.25, 0.3) is 0 Å². The molecule has 0 aliphatic heterocycles. The topological polar surface area (TPSA) is 41.1 Å². The van der Waals surface area contributed by atoms with Gasteiger partial charge in [-0.05, 0) is 80.7 Å². The van der Waals surface area contributed by atoms with Crippen LogP contribution >= 0.6 is 0 Å². The number of ketones is 1. The lowest BCUT2D eigenvalue weighted by Crippen LogP contribution is -2.12. The summed E-state index contributed by atoms with van der Waals surface area (Å²) < 4.78 is 0. The molecule has 0 spiro atoms. The van der Waals surface area contributed by atoms with Crippen molar-refractivity contribution < 1.29 is 4.79 Å². The Bertz CT molecular complexity index is 760. The average Bonchev–Trinajstić information content (AvgIpc) is 2.68. The van der Waals surface area contributed by atoms with E-state index in [0.717, 1.165) is 66.0 Å². The molecule has 3 nitrogen and oxygen atoms in total. The van der Waals surface area contributed by atoms with Gasteiger partial charge in [0.2, 0.25) is 0 Å². The highest BCUT2D eigenvalue weighted by atomic mass is 16.1. The zero-order valence-corrected chi connectivity index (χ0v) is 16.2. The molecule has 3 rings (SSSR count). The summed E-state index contributed by atoms with van der Waals surface area (Å²) in [5, 5.41) is 6.58. The molecule has 0 radical (unpaired) electrons. The molecule has 0 heterocycles. The van der Waals surface area contributed by atoms with Gasteiger partial charge in [0.1, 0.15) is 0 Å². The number of anilines is 2. The van der Waals surface area contributed by atoms with Crippen molar-refractivity contribution in [2.45, 2.75) is 33.1 Å². The highest BCUT2D eigenvalue weighted by Gasteiger charge is 2.20. The van der Waals surface area contributed by atoms with Crippen LogP contribution in [0.15, 0.2) is 59.7 Å². The first-order valence-electron chi connectivity index (χ1n) is 9.83. The van der Waals surface area contributed by atoms with Gasteiger partial charge in [-0.25, -0.2) is 0 Å². The van der Waals surface area contributed by atoms with Crippen molar-refractivity contribution in [1.29, 1.82) is 0 Å². The van der Waals surface area contributed by atoms with Crippen molar-refractivity contribution in [2.24, 2.45) is 0 Å². The van der Waals surface area contributed by atoms with Gasteiger partial charge in [0.15, 0.2) is 5.78 Å². The maximum atomic E-state index is 12.9. The lowest BCUT2D eigenvalue weighted by Gasteiger charge is -2.17. The zero-order valence-electron chi connectivity index (χ0n) is 16.2. The van der Waals surface area contributed by atoms with Crippen molar-refractivity contribution in [3.63, 3.8) is 0 Å². The van der Waals surface area contributed by atoms with Crippen LogP contribution in [0.2, 0.25) is 0 Å². The zero-order chi connectivity index (χ0) is 19.1. The van der Waals surface area contributed by atoms with Gasteiger partial charge in [-0.3, -0.25) is 4.79 Å². The Morgan fingerprint density at radius 2 is 1.15 bits per heavy atom. The van der Waals surface area contributed by atoms with Crippen LogP contribution in [0.25, 0.3) is 12.2 Å². The molecule has 0 unspecified atom stereocenters. The monoisotopic (exact) mass is 360 g/mol. The molecule has 2 aromatic rings. The molecule has 1 saturated carbocycles. The number of hydrogen-bond acceptors (Lipinski definition) is 3. The van der Waals surface area contributed by atoms with E-state index in [4.69, 9.17) is 0 Å². The summed E-state index contributed by atoms with van der Waals surface area (Å²) in [6.07, 6.45) is 6.81. The summed E-state index contributed by atoms with van der Waals surface area (Å²) in [6, 6.07) is 16.5. The van der Waals surface area contributed by atoms with Gasteiger partial charge in [-0.15, -0.1) is 0 Å². The van der Waals surface area contributed by atoms with E-state index in [1.54, 1.807) is 0 Å². The highest BCUT2D eigenvalue weighted by molar-refractivity contribution is 6.14. The second-order valence-electron chi connectivity index (χ2n) is 6.83. The smallest absolute Gasteiger partial charge is 0.185 e. The van der Waals surface area contributed by atoms with E-state index in [1.165, 1.54) is 0 Å². The fraction of sp³-hybridized carbons (Fsp3) is 0.292. The molecule has 140 valence electrons. The summed E-state index contributed by atoms with van der Waals surface area (Å²) in [7, 11) is 0. The maximum Gasteiger partial charge on any atom is 0.185 e. The fourth-order valence-corrected chi connectivity index (χ4v) is 3.38.